The Hall–Kier alpha value is -2.14. The van der Waals surface area contributed by atoms with Crippen molar-refractivity contribution >= 4 is 28.8 Å². The van der Waals surface area contributed by atoms with Crippen molar-refractivity contribution in [3.05, 3.63) is 51.7 Å². The van der Waals surface area contributed by atoms with Gasteiger partial charge in [0.1, 0.15) is 0 Å². The number of fused-ring (bicyclic) bond motifs is 1. The molecule has 0 fully saturated rings. The predicted molar refractivity (Wildman–Crippen MR) is 93.0 cm³/mol. The molecule has 0 saturated carbocycles. The van der Waals surface area contributed by atoms with Crippen LogP contribution >= 0.6 is 11.3 Å². The van der Waals surface area contributed by atoms with E-state index in [0.717, 1.165) is 18.5 Å². The van der Waals surface area contributed by atoms with E-state index >= 15 is 0 Å². The third-order valence-corrected chi connectivity index (χ3v) is 4.72. The first kappa shape index (κ1) is 15.7. The fourth-order valence-corrected chi connectivity index (χ4v) is 3.46. The topological polar surface area (TPSA) is 58.2 Å². The van der Waals surface area contributed by atoms with E-state index in [0.29, 0.717) is 24.9 Å². The van der Waals surface area contributed by atoms with E-state index in [4.69, 9.17) is 0 Å². The third-order valence-electron chi connectivity index (χ3n) is 4.03. The number of hydrogen-bond donors (Lipinski definition) is 2. The van der Waals surface area contributed by atoms with Gasteiger partial charge < -0.3 is 10.6 Å². The maximum Gasteiger partial charge on any atom is 0.252 e. The Morgan fingerprint density at radius 1 is 1.13 bits per heavy atom. The van der Waals surface area contributed by atoms with Crippen molar-refractivity contribution in [2.75, 3.05) is 11.9 Å². The molecule has 1 aliphatic carbocycles. The number of hydrogen-bond acceptors (Lipinski definition) is 3. The molecule has 0 unspecified atom stereocenters. The smallest absolute Gasteiger partial charge is 0.252 e. The fraction of sp³-hybridized carbons (Fsp3) is 0.333. The Kier molecular flexibility index (Phi) is 5.08. The highest BCUT2D eigenvalue weighted by atomic mass is 32.1. The van der Waals surface area contributed by atoms with Gasteiger partial charge in [-0.25, -0.2) is 0 Å². The van der Waals surface area contributed by atoms with Crippen LogP contribution < -0.4 is 10.6 Å². The molecular weight excluding hydrogens is 308 g/mol. The molecule has 4 nitrogen and oxygen atoms in total. The minimum absolute atomic E-state index is 0.00673. The molecule has 5 heteroatoms. The number of nitrogens with one attached hydrogen (secondary N) is 2. The second-order valence-electron chi connectivity index (χ2n) is 5.76. The van der Waals surface area contributed by atoms with Gasteiger partial charge in [0.05, 0.1) is 0 Å². The van der Waals surface area contributed by atoms with Crippen molar-refractivity contribution in [1.29, 1.82) is 0 Å². The Labute approximate surface area is 139 Å². The van der Waals surface area contributed by atoms with E-state index in [9.17, 15) is 9.59 Å². The third kappa shape index (κ3) is 4.20. The summed E-state index contributed by atoms with van der Waals surface area (Å²) in [5.41, 5.74) is 4.31. The van der Waals surface area contributed by atoms with Crippen molar-refractivity contribution in [2.24, 2.45) is 0 Å². The van der Waals surface area contributed by atoms with Crippen LogP contribution in [-0.4, -0.2) is 18.4 Å². The van der Waals surface area contributed by atoms with Crippen LogP contribution in [0.1, 0.15) is 40.7 Å². The first-order chi connectivity index (χ1) is 11.2. The molecule has 120 valence electrons. The van der Waals surface area contributed by atoms with Crippen LogP contribution in [0.25, 0.3) is 0 Å². The quantitative estimate of drug-likeness (QED) is 0.799. The molecule has 0 aliphatic heterocycles. The highest BCUT2D eigenvalue weighted by molar-refractivity contribution is 7.08. The molecule has 23 heavy (non-hydrogen) atoms. The molecular formula is C18H20N2O2S. The van der Waals surface area contributed by atoms with Gasteiger partial charge in [-0.1, -0.05) is 6.07 Å². The average Bonchev–Trinajstić information content (AvgIpc) is 3.21. The molecule has 2 aromatic rings. The van der Waals surface area contributed by atoms with E-state index < -0.39 is 0 Å². The summed E-state index contributed by atoms with van der Waals surface area (Å²) in [5, 5.41) is 9.45. The van der Waals surface area contributed by atoms with Crippen molar-refractivity contribution in [3.63, 3.8) is 0 Å². The summed E-state index contributed by atoms with van der Waals surface area (Å²) in [5.74, 6) is -0.0852. The van der Waals surface area contributed by atoms with E-state index in [1.54, 1.807) is 6.07 Å². The maximum atomic E-state index is 12.0. The zero-order chi connectivity index (χ0) is 16.1. The van der Waals surface area contributed by atoms with Crippen molar-refractivity contribution < 1.29 is 9.59 Å². The highest BCUT2D eigenvalue weighted by Gasteiger charge is 2.12. The first-order valence-corrected chi connectivity index (χ1v) is 8.89. The first-order valence-electron chi connectivity index (χ1n) is 7.94. The van der Waals surface area contributed by atoms with Gasteiger partial charge in [-0.3, -0.25) is 9.59 Å². The number of carbonyl (C=O) groups excluding carboxylic acids is 2. The van der Waals surface area contributed by atoms with E-state index in [2.05, 4.69) is 22.8 Å². The summed E-state index contributed by atoms with van der Waals surface area (Å²) in [6.45, 7) is 0.506. The Morgan fingerprint density at radius 2 is 2.00 bits per heavy atom. The zero-order valence-electron chi connectivity index (χ0n) is 12.9. The molecule has 2 N–H and O–H groups in total. The lowest BCUT2D eigenvalue weighted by atomic mass is 10.1. The molecule has 3 rings (SSSR count). The van der Waals surface area contributed by atoms with Crippen molar-refractivity contribution in [2.45, 2.75) is 32.1 Å². The van der Waals surface area contributed by atoms with Crippen LogP contribution in [0.15, 0.2) is 35.0 Å². The van der Waals surface area contributed by atoms with Crippen LogP contribution in [0.3, 0.4) is 0 Å². The van der Waals surface area contributed by atoms with Gasteiger partial charge in [0.15, 0.2) is 0 Å². The number of thiophene rings is 1. The summed E-state index contributed by atoms with van der Waals surface area (Å²) in [7, 11) is 0. The molecule has 1 heterocycles. The Morgan fingerprint density at radius 3 is 2.83 bits per heavy atom. The summed E-state index contributed by atoms with van der Waals surface area (Å²) in [6.07, 6.45) is 4.49. The van der Waals surface area contributed by atoms with Crippen molar-refractivity contribution in [3.8, 4) is 0 Å². The number of aryl methyl sites for hydroxylation is 2. The van der Waals surface area contributed by atoms with Crippen LogP contribution in [0, 0.1) is 0 Å². The molecule has 0 radical (unpaired) electrons. The molecule has 0 atom stereocenters. The van der Waals surface area contributed by atoms with Gasteiger partial charge in [0.2, 0.25) is 5.91 Å². The Bertz CT molecular complexity index is 695. The largest absolute Gasteiger partial charge is 0.352 e. The molecule has 0 bridgehead atoms. The minimum atomic E-state index is -0.0784. The molecule has 1 aliphatic rings. The van der Waals surface area contributed by atoms with Gasteiger partial charge in [-0.15, -0.1) is 0 Å². The summed E-state index contributed by atoms with van der Waals surface area (Å²) in [6, 6.07) is 7.96. The SMILES string of the molecule is O=C(CCCNC(=O)c1ccsc1)Nc1ccc2c(c1)CCC2. The number of anilines is 1. The molecule has 0 saturated heterocycles. The van der Waals surface area contributed by atoms with Crippen LogP contribution in [0.2, 0.25) is 0 Å². The lowest BCUT2D eigenvalue weighted by molar-refractivity contribution is -0.116. The zero-order valence-corrected chi connectivity index (χ0v) is 13.7. The summed E-state index contributed by atoms with van der Waals surface area (Å²) in [4.78, 5) is 23.7. The fourth-order valence-electron chi connectivity index (χ4n) is 2.82. The number of benzene rings is 1. The van der Waals surface area contributed by atoms with E-state index in [1.165, 1.54) is 28.9 Å². The van der Waals surface area contributed by atoms with Gasteiger partial charge in [0, 0.05) is 29.6 Å². The van der Waals surface area contributed by atoms with Crippen LogP contribution in [0.4, 0.5) is 5.69 Å². The van der Waals surface area contributed by atoms with Gasteiger partial charge in [0.25, 0.3) is 5.91 Å². The van der Waals surface area contributed by atoms with Gasteiger partial charge >= 0.3 is 0 Å². The molecule has 0 spiro atoms. The lowest BCUT2D eigenvalue weighted by Crippen LogP contribution is -2.25. The van der Waals surface area contributed by atoms with Crippen molar-refractivity contribution in [1.82, 2.24) is 5.32 Å². The van der Waals surface area contributed by atoms with E-state index in [1.807, 2.05) is 16.8 Å². The number of rotatable bonds is 6. The monoisotopic (exact) mass is 328 g/mol. The summed E-state index contributed by atoms with van der Waals surface area (Å²) < 4.78 is 0. The number of carbonyl (C=O) groups is 2. The molecule has 2 amide bonds. The standard InChI is InChI=1S/C18H20N2O2S/c21-17(5-2-9-19-18(22)15-8-10-23-12-15)20-16-7-6-13-3-1-4-14(13)11-16/h6-8,10-12H,1-5,9H2,(H,19,22)(H,20,21). The second kappa shape index (κ2) is 7.42. The van der Waals surface area contributed by atoms with E-state index in [-0.39, 0.29) is 11.8 Å². The average molecular weight is 328 g/mol. The highest BCUT2D eigenvalue weighted by Crippen LogP contribution is 2.24. The normalized spacial score (nSPS) is 12.7. The lowest BCUT2D eigenvalue weighted by Gasteiger charge is -2.08. The second-order valence-corrected chi connectivity index (χ2v) is 6.54. The predicted octanol–water partition coefficient (Wildman–Crippen LogP) is 3.39. The Balaban J connectivity index is 1.39. The summed E-state index contributed by atoms with van der Waals surface area (Å²) >= 11 is 1.50. The number of amides is 2. The molecule has 1 aromatic carbocycles. The molecule has 1 aromatic heterocycles. The minimum Gasteiger partial charge on any atom is -0.352 e. The van der Waals surface area contributed by atoms with Gasteiger partial charge in [-0.2, -0.15) is 11.3 Å². The van der Waals surface area contributed by atoms with Gasteiger partial charge in [-0.05, 0) is 60.4 Å². The van der Waals surface area contributed by atoms with Crippen LogP contribution in [-0.2, 0) is 17.6 Å². The van der Waals surface area contributed by atoms with Crippen LogP contribution in [0.5, 0.6) is 0 Å². The maximum absolute atomic E-state index is 12.0.